The summed E-state index contributed by atoms with van der Waals surface area (Å²) < 4.78 is 0. The Morgan fingerprint density at radius 2 is 2.46 bits per heavy atom. The predicted octanol–water partition coefficient (Wildman–Crippen LogP) is 0.564. The van der Waals surface area contributed by atoms with Crippen molar-refractivity contribution in [3.63, 3.8) is 0 Å². The van der Waals surface area contributed by atoms with Crippen molar-refractivity contribution in [3.05, 3.63) is 16.7 Å². The minimum atomic E-state index is -0.297. The van der Waals surface area contributed by atoms with E-state index in [2.05, 4.69) is 22.2 Å². The van der Waals surface area contributed by atoms with Gasteiger partial charge in [-0.05, 0) is 6.42 Å². The Morgan fingerprint density at radius 1 is 1.69 bits per heavy atom. The molecule has 13 heavy (non-hydrogen) atoms. The van der Waals surface area contributed by atoms with E-state index in [0.29, 0.717) is 5.82 Å². The molecule has 0 saturated heterocycles. The van der Waals surface area contributed by atoms with Crippen molar-refractivity contribution in [2.24, 2.45) is 0 Å². The maximum absolute atomic E-state index is 11.0. The van der Waals surface area contributed by atoms with Crippen molar-refractivity contribution in [3.8, 4) is 0 Å². The molecule has 0 saturated carbocycles. The Morgan fingerprint density at radius 3 is 3.15 bits per heavy atom. The van der Waals surface area contributed by atoms with Crippen molar-refractivity contribution in [2.75, 3.05) is 17.6 Å². The highest BCUT2D eigenvalue weighted by atomic mass is 16.1. The Kier molecular flexibility index (Phi) is 3.31. The largest absolute Gasteiger partial charge is 0.391 e. The van der Waals surface area contributed by atoms with Gasteiger partial charge in [0.2, 0.25) is 0 Å². The van der Waals surface area contributed by atoms with Gasteiger partial charge in [-0.3, -0.25) is 4.79 Å². The second-order valence-electron chi connectivity index (χ2n) is 2.77. The third-order valence-corrected chi connectivity index (χ3v) is 1.71. The van der Waals surface area contributed by atoms with Crippen LogP contribution >= 0.6 is 0 Å². The highest BCUT2D eigenvalue weighted by Crippen LogP contribution is 2.06. The number of H-pyrrole nitrogens is 1. The van der Waals surface area contributed by atoms with Crippen LogP contribution in [0.1, 0.15) is 19.8 Å². The van der Waals surface area contributed by atoms with E-state index >= 15 is 0 Å². The molecule has 0 bridgehead atoms. The van der Waals surface area contributed by atoms with Crippen molar-refractivity contribution in [2.45, 2.75) is 19.8 Å². The molecule has 0 spiro atoms. The molecule has 0 aliphatic heterocycles. The molecular weight excluding hydrogens is 168 g/mol. The molecule has 5 heteroatoms. The Hall–Kier alpha value is -1.52. The van der Waals surface area contributed by atoms with Gasteiger partial charge in [-0.2, -0.15) is 0 Å². The topological polar surface area (TPSA) is 83.8 Å². The lowest BCUT2D eigenvalue weighted by atomic mass is 10.3. The van der Waals surface area contributed by atoms with E-state index in [-0.39, 0.29) is 11.2 Å². The summed E-state index contributed by atoms with van der Waals surface area (Å²) in [5.41, 5.74) is 5.35. The first-order valence-corrected chi connectivity index (χ1v) is 4.32. The Labute approximate surface area is 76.4 Å². The molecule has 0 atom stereocenters. The molecular formula is C8H14N4O. The fourth-order valence-electron chi connectivity index (χ4n) is 0.935. The third kappa shape index (κ3) is 2.47. The molecule has 72 valence electrons. The molecule has 4 N–H and O–H groups in total. The number of hydrogen-bond donors (Lipinski definition) is 3. The standard InChI is InChI=1S/C8H14N4O/c1-2-3-4-10-7-6(9)8(13)12-5-11-7/h5H,2-4,9H2,1H3,(H2,10,11,12,13). The Balaban J connectivity index is 2.66. The normalized spacial score (nSPS) is 9.92. The van der Waals surface area contributed by atoms with Crippen LogP contribution in [0.25, 0.3) is 0 Å². The van der Waals surface area contributed by atoms with Crippen LogP contribution in [0.3, 0.4) is 0 Å². The molecule has 1 aromatic heterocycles. The van der Waals surface area contributed by atoms with Gasteiger partial charge in [0, 0.05) is 6.54 Å². The lowest BCUT2D eigenvalue weighted by Gasteiger charge is -2.05. The number of nitrogens with zero attached hydrogens (tertiary/aromatic N) is 1. The second-order valence-corrected chi connectivity index (χ2v) is 2.77. The molecule has 0 aliphatic rings. The van der Waals surface area contributed by atoms with Crippen LogP contribution in [-0.4, -0.2) is 16.5 Å². The molecule has 0 fully saturated rings. The van der Waals surface area contributed by atoms with E-state index in [1.165, 1.54) is 6.33 Å². The number of nitrogen functional groups attached to an aromatic ring is 1. The van der Waals surface area contributed by atoms with Crippen molar-refractivity contribution in [1.82, 2.24) is 9.97 Å². The van der Waals surface area contributed by atoms with Gasteiger partial charge < -0.3 is 16.0 Å². The first kappa shape index (κ1) is 9.57. The zero-order chi connectivity index (χ0) is 9.68. The molecule has 5 nitrogen and oxygen atoms in total. The highest BCUT2D eigenvalue weighted by Gasteiger charge is 2.01. The SMILES string of the molecule is CCCCNc1nc[nH]c(=O)c1N. The van der Waals surface area contributed by atoms with Gasteiger partial charge in [0.05, 0.1) is 6.33 Å². The molecule has 0 radical (unpaired) electrons. The van der Waals surface area contributed by atoms with Crippen molar-refractivity contribution < 1.29 is 0 Å². The predicted molar refractivity (Wildman–Crippen MR) is 52.7 cm³/mol. The Bertz CT molecular complexity index is 320. The molecule has 0 unspecified atom stereocenters. The maximum atomic E-state index is 11.0. The van der Waals surface area contributed by atoms with Gasteiger partial charge in [-0.25, -0.2) is 4.98 Å². The van der Waals surface area contributed by atoms with Gasteiger partial charge in [-0.15, -0.1) is 0 Å². The molecule has 1 rings (SSSR count). The number of nitrogens with two attached hydrogens (primary N) is 1. The average molecular weight is 182 g/mol. The van der Waals surface area contributed by atoms with E-state index < -0.39 is 0 Å². The second kappa shape index (κ2) is 4.49. The summed E-state index contributed by atoms with van der Waals surface area (Å²) in [6, 6.07) is 0. The smallest absolute Gasteiger partial charge is 0.276 e. The van der Waals surface area contributed by atoms with E-state index in [1.807, 2.05) is 0 Å². The van der Waals surface area contributed by atoms with Gasteiger partial charge in [0.1, 0.15) is 5.69 Å². The monoisotopic (exact) mass is 182 g/mol. The summed E-state index contributed by atoms with van der Waals surface area (Å²) in [4.78, 5) is 17.3. The summed E-state index contributed by atoms with van der Waals surface area (Å²) >= 11 is 0. The fourth-order valence-corrected chi connectivity index (χ4v) is 0.935. The zero-order valence-corrected chi connectivity index (χ0v) is 7.63. The number of hydrogen-bond acceptors (Lipinski definition) is 4. The van der Waals surface area contributed by atoms with E-state index in [9.17, 15) is 4.79 Å². The summed E-state index contributed by atoms with van der Waals surface area (Å²) in [5, 5.41) is 3.00. The summed E-state index contributed by atoms with van der Waals surface area (Å²) in [7, 11) is 0. The van der Waals surface area contributed by atoms with Crippen LogP contribution in [0, 0.1) is 0 Å². The van der Waals surface area contributed by atoms with Crippen molar-refractivity contribution >= 4 is 11.5 Å². The number of rotatable bonds is 4. The van der Waals surface area contributed by atoms with Crippen LogP contribution in [0.2, 0.25) is 0 Å². The van der Waals surface area contributed by atoms with Crippen LogP contribution in [-0.2, 0) is 0 Å². The fraction of sp³-hybridized carbons (Fsp3) is 0.500. The number of unbranched alkanes of at least 4 members (excludes halogenated alkanes) is 1. The van der Waals surface area contributed by atoms with Crippen molar-refractivity contribution in [1.29, 1.82) is 0 Å². The lowest BCUT2D eigenvalue weighted by molar-refractivity contribution is 0.830. The minimum absolute atomic E-state index is 0.151. The van der Waals surface area contributed by atoms with Crippen LogP contribution in [0.5, 0.6) is 0 Å². The van der Waals surface area contributed by atoms with Gasteiger partial charge >= 0.3 is 0 Å². The first-order chi connectivity index (χ1) is 6.25. The lowest BCUT2D eigenvalue weighted by Crippen LogP contribution is -2.16. The average Bonchev–Trinajstić information content (AvgIpc) is 2.13. The summed E-state index contributed by atoms with van der Waals surface area (Å²) in [6.45, 7) is 2.88. The number of anilines is 2. The van der Waals surface area contributed by atoms with Crippen LogP contribution in [0.15, 0.2) is 11.1 Å². The molecule has 0 aliphatic carbocycles. The molecule has 1 aromatic rings. The van der Waals surface area contributed by atoms with E-state index in [0.717, 1.165) is 19.4 Å². The first-order valence-electron chi connectivity index (χ1n) is 4.32. The summed E-state index contributed by atoms with van der Waals surface area (Å²) in [6.07, 6.45) is 3.47. The number of nitrogens with one attached hydrogen (secondary N) is 2. The quantitative estimate of drug-likeness (QED) is 0.594. The van der Waals surface area contributed by atoms with E-state index in [4.69, 9.17) is 5.73 Å². The zero-order valence-electron chi connectivity index (χ0n) is 7.63. The molecule has 0 aromatic carbocycles. The number of aromatic nitrogens is 2. The summed E-state index contributed by atoms with van der Waals surface area (Å²) in [5.74, 6) is 0.470. The van der Waals surface area contributed by atoms with Crippen LogP contribution < -0.4 is 16.6 Å². The van der Waals surface area contributed by atoms with Gasteiger partial charge in [-0.1, -0.05) is 13.3 Å². The van der Waals surface area contributed by atoms with E-state index in [1.54, 1.807) is 0 Å². The van der Waals surface area contributed by atoms with Crippen LogP contribution in [0.4, 0.5) is 11.5 Å². The van der Waals surface area contributed by atoms with Gasteiger partial charge in [0.15, 0.2) is 5.82 Å². The maximum Gasteiger partial charge on any atom is 0.276 e. The van der Waals surface area contributed by atoms with Gasteiger partial charge in [0.25, 0.3) is 5.56 Å². The third-order valence-electron chi connectivity index (χ3n) is 1.71. The number of aromatic amines is 1. The minimum Gasteiger partial charge on any atom is -0.391 e. The molecule has 1 heterocycles. The molecule has 0 amide bonds. The highest BCUT2D eigenvalue weighted by molar-refractivity contribution is 5.58.